The first-order valence-corrected chi connectivity index (χ1v) is 7.08. The Labute approximate surface area is 111 Å². The van der Waals surface area contributed by atoms with E-state index >= 15 is 0 Å². The molecule has 4 heteroatoms. The molecule has 18 heavy (non-hydrogen) atoms. The van der Waals surface area contributed by atoms with Gasteiger partial charge >= 0.3 is 0 Å². The predicted molar refractivity (Wildman–Crippen MR) is 73.3 cm³/mol. The Morgan fingerprint density at radius 2 is 2.11 bits per heavy atom. The average molecular weight is 256 g/mol. The van der Waals surface area contributed by atoms with Crippen LogP contribution < -0.4 is 5.32 Å². The van der Waals surface area contributed by atoms with Gasteiger partial charge < -0.3 is 10.4 Å². The normalized spacial score (nSPS) is 30.2. The van der Waals surface area contributed by atoms with E-state index in [9.17, 15) is 4.79 Å². The molecular formula is C14H28N2O2. The summed E-state index contributed by atoms with van der Waals surface area (Å²) in [5.41, 5.74) is 0. The summed E-state index contributed by atoms with van der Waals surface area (Å²) in [4.78, 5) is 14.0. The number of aliphatic hydroxyl groups is 1. The standard InChI is InChI=1S/C14H28N2O2/c1-10-6-5-7-13(11(10)2)15-14(18)12(3)16(4)8-9-17/h10-13,17H,5-9H2,1-4H3,(H,15,18). The van der Waals surface area contributed by atoms with E-state index in [4.69, 9.17) is 5.11 Å². The lowest BCUT2D eigenvalue weighted by Crippen LogP contribution is -2.51. The Hall–Kier alpha value is -0.610. The third-order valence-corrected chi connectivity index (χ3v) is 4.53. The van der Waals surface area contributed by atoms with Gasteiger partial charge in [0.1, 0.15) is 0 Å². The van der Waals surface area contributed by atoms with Crippen molar-refractivity contribution in [1.82, 2.24) is 10.2 Å². The smallest absolute Gasteiger partial charge is 0.237 e. The molecule has 2 N–H and O–H groups in total. The van der Waals surface area contributed by atoms with Crippen LogP contribution in [0, 0.1) is 11.8 Å². The van der Waals surface area contributed by atoms with Crippen LogP contribution in [0.4, 0.5) is 0 Å². The van der Waals surface area contributed by atoms with E-state index in [0.717, 1.165) is 6.42 Å². The third kappa shape index (κ3) is 3.95. The molecule has 0 spiro atoms. The Bertz CT molecular complexity index is 271. The van der Waals surface area contributed by atoms with E-state index in [2.05, 4.69) is 19.2 Å². The van der Waals surface area contributed by atoms with Gasteiger partial charge in [0.25, 0.3) is 0 Å². The lowest BCUT2D eigenvalue weighted by atomic mass is 9.78. The average Bonchev–Trinajstić information content (AvgIpc) is 2.34. The van der Waals surface area contributed by atoms with Crippen molar-refractivity contribution in [2.24, 2.45) is 11.8 Å². The predicted octanol–water partition coefficient (Wildman–Crippen LogP) is 1.24. The van der Waals surface area contributed by atoms with E-state index in [-0.39, 0.29) is 18.6 Å². The van der Waals surface area contributed by atoms with Gasteiger partial charge in [-0.3, -0.25) is 9.69 Å². The minimum Gasteiger partial charge on any atom is -0.395 e. The highest BCUT2D eigenvalue weighted by Crippen LogP contribution is 2.29. The van der Waals surface area contributed by atoms with Gasteiger partial charge in [0.2, 0.25) is 5.91 Å². The molecule has 0 bridgehead atoms. The molecule has 4 nitrogen and oxygen atoms in total. The summed E-state index contributed by atoms with van der Waals surface area (Å²) in [5, 5.41) is 12.1. The second kappa shape index (κ2) is 7.10. The summed E-state index contributed by atoms with van der Waals surface area (Å²) in [6.07, 6.45) is 3.57. The molecule has 0 saturated heterocycles. The van der Waals surface area contributed by atoms with E-state index in [1.807, 2.05) is 18.9 Å². The van der Waals surface area contributed by atoms with Crippen molar-refractivity contribution in [3.05, 3.63) is 0 Å². The number of amides is 1. The molecule has 0 aromatic rings. The number of aliphatic hydroxyl groups excluding tert-OH is 1. The van der Waals surface area contributed by atoms with Gasteiger partial charge in [-0.25, -0.2) is 0 Å². The molecule has 4 unspecified atom stereocenters. The molecule has 0 aromatic heterocycles. The maximum absolute atomic E-state index is 12.1. The van der Waals surface area contributed by atoms with Gasteiger partial charge in [-0.2, -0.15) is 0 Å². The topological polar surface area (TPSA) is 52.6 Å². The zero-order valence-corrected chi connectivity index (χ0v) is 12.1. The quantitative estimate of drug-likeness (QED) is 0.778. The lowest BCUT2D eigenvalue weighted by molar-refractivity contribution is -0.127. The molecule has 0 heterocycles. The van der Waals surface area contributed by atoms with E-state index < -0.39 is 0 Å². The fraction of sp³-hybridized carbons (Fsp3) is 0.929. The highest BCUT2D eigenvalue weighted by atomic mass is 16.3. The van der Waals surface area contributed by atoms with Crippen molar-refractivity contribution in [2.75, 3.05) is 20.2 Å². The van der Waals surface area contributed by atoms with Crippen molar-refractivity contribution in [2.45, 2.75) is 52.1 Å². The second-order valence-electron chi connectivity index (χ2n) is 5.76. The van der Waals surface area contributed by atoms with Crippen molar-refractivity contribution >= 4 is 5.91 Å². The number of carbonyl (C=O) groups excluding carboxylic acids is 1. The van der Waals surface area contributed by atoms with Crippen molar-refractivity contribution in [3.63, 3.8) is 0 Å². The largest absolute Gasteiger partial charge is 0.395 e. The first kappa shape index (κ1) is 15.4. The van der Waals surface area contributed by atoms with E-state index in [0.29, 0.717) is 24.4 Å². The molecular weight excluding hydrogens is 228 g/mol. The summed E-state index contributed by atoms with van der Waals surface area (Å²) < 4.78 is 0. The molecule has 0 aromatic carbocycles. The Kier molecular flexibility index (Phi) is 6.09. The van der Waals surface area contributed by atoms with Gasteiger partial charge in [0.05, 0.1) is 12.6 Å². The Morgan fingerprint density at radius 3 is 2.72 bits per heavy atom. The number of rotatable bonds is 5. The minimum absolute atomic E-state index is 0.0805. The molecule has 1 saturated carbocycles. The van der Waals surface area contributed by atoms with Crippen LogP contribution in [0.15, 0.2) is 0 Å². The van der Waals surface area contributed by atoms with Gasteiger partial charge in [-0.1, -0.05) is 26.7 Å². The van der Waals surface area contributed by atoms with Crippen LogP contribution >= 0.6 is 0 Å². The molecule has 0 aliphatic heterocycles. The van der Waals surface area contributed by atoms with Gasteiger partial charge in [-0.15, -0.1) is 0 Å². The van der Waals surface area contributed by atoms with Crippen molar-refractivity contribution < 1.29 is 9.90 Å². The van der Waals surface area contributed by atoms with Crippen LogP contribution in [0.1, 0.15) is 40.0 Å². The molecule has 1 aliphatic carbocycles. The number of hydrogen-bond acceptors (Lipinski definition) is 3. The minimum atomic E-state index is -0.179. The summed E-state index contributed by atoms with van der Waals surface area (Å²) in [6, 6.07) is 0.132. The lowest BCUT2D eigenvalue weighted by Gasteiger charge is -2.36. The van der Waals surface area contributed by atoms with E-state index in [1.165, 1.54) is 12.8 Å². The Balaban J connectivity index is 2.48. The zero-order valence-electron chi connectivity index (χ0n) is 12.1. The highest BCUT2D eigenvalue weighted by Gasteiger charge is 2.29. The van der Waals surface area contributed by atoms with Gasteiger partial charge in [0.15, 0.2) is 0 Å². The molecule has 4 atom stereocenters. The fourth-order valence-corrected chi connectivity index (χ4v) is 2.64. The summed E-state index contributed by atoms with van der Waals surface area (Å²) >= 11 is 0. The van der Waals surface area contributed by atoms with Crippen LogP contribution in [0.2, 0.25) is 0 Å². The monoisotopic (exact) mass is 256 g/mol. The van der Waals surface area contributed by atoms with Crippen LogP contribution in [0.25, 0.3) is 0 Å². The second-order valence-corrected chi connectivity index (χ2v) is 5.76. The molecule has 1 fully saturated rings. The van der Waals surface area contributed by atoms with Crippen molar-refractivity contribution in [3.8, 4) is 0 Å². The number of hydrogen-bond donors (Lipinski definition) is 2. The molecule has 106 valence electrons. The molecule has 1 aliphatic rings. The Morgan fingerprint density at radius 1 is 1.44 bits per heavy atom. The summed E-state index contributed by atoms with van der Waals surface area (Å²) in [5.74, 6) is 1.32. The molecule has 1 amide bonds. The first-order valence-electron chi connectivity index (χ1n) is 7.08. The maximum atomic E-state index is 12.1. The first-order chi connectivity index (χ1) is 8.47. The SMILES string of the molecule is CC1CCCC(NC(=O)C(C)N(C)CCO)C1C. The third-order valence-electron chi connectivity index (χ3n) is 4.53. The maximum Gasteiger partial charge on any atom is 0.237 e. The molecule has 1 rings (SSSR count). The number of nitrogens with zero attached hydrogens (tertiary/aromatic N) is 1. The number of nitrogens with one attached hydrogen (secondary N) is 1. The van der Waals surface area contributed by atoms with Gasteiger partial charge in [0, 0.05) is 12.6 Å². The summed E-state index contributed by atoms with van der Waals surface area (Å²) in [6.45, 7) is 7.01. The van der Waals surface area contributed by atoms with Crippen LogP contribution in [-0.4, -0.2) is 48.2 Å². The van der Waals surface area contributed by atoms with Crippen LogP contribution in [0.3, 0.4) is 0 Å². The highest BCUT2D eigenvalue weighted by molar-refractivity contribution is 5.81. The number of carbonyl (C=O) groups is 1. The van der Waals surface area contributed by atoms with Crippen LogP contribution in [-0.2, 0) is 4.79 Å². The van der Waals surface area contributed by atoms with E-state index in [1.54, 1.807) is 0 Å². The van der Waals surface area contributed by atoms with Crippen molar-refractivity contribution in [1.29, 1.82) is 0 Å². The van der Waals surface area contributed by atoms with Crippen LogP contribution in [0.5, 0.6) is 0 Å². The zero-order chi connectivity index (χ0) is 13.7. The fourth-order valence-electron chi connectivity index (χ4n) is 2.64. The number of likely N-dealkylation sites (N-methyl/N-ethyl adjacent to an activating group) is 1. The van der Waals surface area contributed by atoms with Gasteiger partial charge in [-0.05, 0) is 32.2 Å². The summed E-state index contributed by atoms with van der Waals surface area (Å²) in [7, 11) is 1.87. The molecule has 0 radical (unpaired) electrons.